The van der Waals surface area contributed by atoms with Gasteiger partial charge in [-0.05, 0) is 0 Å². The summed E-state index contributed by atoms with van der Waals surface area (Å²) < 4.78 is 0. The van der Waals surface area contributed by atoms with Crippen molar-refractivity contribution in [1.82, 2.24) is 0 Å². The first-order valence-electron chi connectivity index (χ1n) is 0.258. The van der Waals surface area contributed by atoms with Crippen LogP contribution in [0.15, 0.2) is 0 Å². The Kier molecular flexibility index (Phi) is 2180. The Morgan fingerprint density at radius 3 is 1.25 bits per heavy atom. The molecular formula is C2H6ClN. The Balaban J connectivity index is -0.00000000500. The molecular weight excluding hydrogens is 73.5 g/mol. The molecule has 0 fully saturated rings. The minimum atomic E-state index is 0. The lowest BCUT2D eigenvalue weighted by Crippen LogP contribution is -0.569. The van der Waals surface area contributed by atoms with Gasteiger partial charge in [0, 0.05) is 6.57 Å². The van der Waals surface area contributed by atoms with Crippen LogP contribution in [0.4, 0.5) is 0 Å². The first kappa shape index (κ1) is 48.0. The summed E-state index contributed by atoms with van der Waals surface area (Å²) in [5, 5.41) is 6.50. The zero-order valence-electron chi connectivity index (χ0n) is 1.43. The number of nitriles is 1. The molecule has 0 aliphatic rings. The third-order valence-electron chi connectivity index (χ3n) is 0. The molecule has 0 aliphatic carbocycles. The van der Waals surface area contributed by atoms with Crippen LogP contribution in [0.1, 0.15) is 7.43 Å². The topological polar surface area (TPSA) is 23.8 Å². The molecule has 1 nitrogen and oxygen atoms in total. The highest BCUT2D eigenvalue weighted by Crippen LogP contribution is 0.690. The summed E-state index contributed by atoms with van der Waals surface area (Å²) in [7, 11) is 0. The summed E-state index contributed by atoms with van der Waals surface area (Å²) in [6.45, 7) is 3.50. The molecule has 26 valence electrons. The Bertz CT molecular complexity index is 10.8. The van der Waals surface area contributed by atoms with E-state index in [0.29, 0.717) is 0 Å². The molecule has 0 aliphatic heterocycles. The van der Waals surface area contributed by atoms with E-state index in [2.05, 4.69) is 6.57 Å². The molecule has 0 aromatic rings. The first-order chi connectivity index (χ1) is 1.00. The van der Waals surface area contributed by atoms with Crippen molar-refractivity contribution in [2.24, 2.45) is 0 Å². The molecule has 0 heterocycles. The van der Waals surface area contributed by atoms with Crippen LogP contribution in [0.2, 0.25) is 0 Å². The van der Waals surface area contributed by atoms with Crippen molar-refractivity contribution in [2.45, 2.75) is 7.43 Å². The smallest absolute Gasteiger partial charge is 0.0462 e. The molecule has 0 saturated heterocycles. The van der Waals surface area contributed by atoms with E-state index >= 15 is 0 Å². The SMILES string of the molecule is C.C#N.Cl. The van der Waals surface area contributed by atoms with Gasteiger partial charge >= 0.3 is 0 Å². The predicted molar refractivity (Wildman–Crippen MR) is 20.6 cm³/mol. The molecule has 0 N–H and O–H groups in total. The lowest BCUT2D eigenvalue weighted by Gasteiger charge is -0.668. The van der Waals surface area contributed by atoms with Crippen LogP contribution >= 0.6 is 12.4 Å². The number of hydrogen-bond donors (Lipinski definition) is 0. The van der Waals surface area contributed by atoms with Crippen molar-refractivity contribution < 1.29 is 0 Å². The van der Waals surface area contributed by atoms with E-state index in [1.807, 2.05) is 0 Å². The van der Waals surface area contributed by atoms with E-state index in [-0.39, 0.29) is 19.8 Å². The van der Waals surface area contributed by atoms with E-state index in [1.54, 1.807) is 0 Å². The number of nitrogens with zero attached hydrogens (tertiary/aromatic N) is 1. The summed E-state index contributed by atoms with van der Waals surface area (Å²) in [6, 6.07) is 0. The molecule has 0 amide bonds. The van der Waals surface area contributed by atoms with Crippen molar-refractivity contribution in [1.29, 1.82) is 5.26 Å². The first-order valence-corrected chi connectivity index (χ1v) is 0.258. The highest BCUT2D eigenvalue weighted by Gasteiger charge is 0.513. The van der Waals surface area contributed by atoms with Gasteiger partial charge in [0.1, 0.15) is 0 Å². The number of rotatable bonds is 0. The molecule has 4 heavy (non-hydrogen) atoms. The quantitative estimate of drug-likeness (QED) is 0.428. The van der Waals surface area contributed by atoms with Crippen LogP contribution in [-0.2, 0) is 0 Å². The van der Waals surface area contributed by atoms with Gasteiger partial charge in [-0.15, -0.1) is 12.4 Å². The maximum Gasteiger partial charge on any atom is 0.0462 e. The van der Waals surface area contributed by atoms with Crippen molar-refractivity contribution in [3.63, 3.8) is 0 Å². The van der Waals surface area contributed by atoms with Crippen molar-refractivity contribution >= 4 is 12.4 Å². The lowest BCUT2D eigenvalue weighted by molar-refractivity contribution is 1.58. The van der Waals surface area contributed by atoms with E-state index in [0.717, 1.165) is 0 Å². The van der Waals surface area contributed by atoms with E-state index < -0.39 is 0 Å². The van der Waals surface area contributed by atoms with Crippen molar-refractivity contribution in [3.05, 3.63) is 0 Å². The molecule has 2 heteroatoms. The van der Waals surface area contributed by atoms with E-state index in [4.69, 9.17) is 5.26 Å². The fourth-order valence-electron chi connectivity index (χ4n) is 0. The maximum absolute atomic E-state index is 6.50. The average Bonchev–Trinajstić information content (AvgIpc) is 1.00. The number of halogens is 1. The van der Waals surface area contributed by atoms with Gasteiger partial charge in [0.15, 0.2) is 0 Å². The fourth-order valence-corrected chi connectivity index (χ4v) is 0. The van der Waals surface area contributed by atoms with E-state index in [9.17, 15) is 0 Å². The summed E-state index contributed by atoms with van der Waals surface area (Å²) in [4.78, 5) is 0. The maximum atomic E-state index is 6.50. The third-order valence-corrected chi connectivity index (χ3v) is 0. The Labute approximate surface area is 32.7 Å². The van der Waals surface area contributed by atoms with E-state index in [1.165, 1.54) is 0 Å². The Morgan fingerprint density at radius 1 is 1.25 bits per heavy atom. The van der Waals surface area contributed by atoms with Crippen LogP contribution in [-0.4, -0.2) is 0 Å². The molecule has 0 saturated carbocycles. The molecule has 0 unspecified atom stereocenters. The van der Waals surface area contributed by atoms with Crippen LogP contribution in [0.3, 0.4) is 0 Å². The zero-order valence-corrected chi connectivity index (χ0v) is 2.25. The molecule has 0 bridgehead atoms. The average molecular weight is 79.5 g/mol. The van der Waals surface area contributed by atoms with Gasteiger partial charge in [-0.1, -0.05) is 7.43 Å². The van der Waals surface area contributed by atoms with Gasteiger partial charge in [-0.2, -0.15) is 0 Å². The second kappa shape index (κ2) is 182. The highest BCUT2D eigenvalue weighted by atomic mass is 35.5. The minimum Gasteiger partial charge on any atom is -0.202 e. The highest BCUT2D eigenvalue weighted by molar-refractivity contribution is 5.85. The summed E-state index contributed by atoms with van der Waals surface area (Å²) in [6.07, 6.45) is 0. The van der Waals surface area contributed by atoms with Crippen LogP contribution in [0.5, 0.6) is 0 Å². The third kappa shape index (κ3) is 22.4. The molecule has 0 atom stereocenters. The second-order valence-electron chi connectivity index (χ2n) is 0. The van der Waals surface area contributed by atoms with Gasteiger partial charge in [-0.3, -0.25) is 0 Å². The monoisotopic (exact) mass is 79.0 g/mol. The predicted octanol–water partition coefficient (Wildman–Crippen LogP) is 1.20. The standard InChI is InChI=1S/CHN.CH4.ClH/c1-2;;/h1H;1H4;1H. The molecule has 0 rings (SSSR count). The summed E-state index contributed by atoms with van der Waals surface area (Å²) >= 11 is 0. The normalized spacial score (nSPS) is 0.500. The summed E-state index contributed by atoms with van der Waals surface area (Å²) in [5.41, 5.74) is 0. The van der Waals surface area contributed by atoms with Gasteiger partial charge in [0.05, 0.1) is 0 Å². The minimum absolute atomic E-state index is 0. The lowest BCUT2D eigenvalue weighted by atomic mass is 11.9. The molecule has 0 aromatic carbocycles. The Hall–Kier alpha value is -0.220. The van der Waals surface area contributed by atoms with Gasteiger partial charge in [0.2, 0.25) is 0 Å². The molecule has 0 radical (unpaired) electrons. The second-order valence-corrected chi connectivity index (χ2v) is 0. The van der Waals surface area contributed by atoms with Crippen LogP contribution < -0.4 is 0 Å². The van der Waals surface area contributed by atoms with Crippen LogP contribution in [0.25, 0.3) is 0 Å². The Morgan fingerprint density at radius 2 is 1.25 bits per heavy atom. The largest absolute Gasteiger partial charge is 0.202 e. The number of hydrogen-bond acceptors (Lipinski definition) is 1. The van der Waals surface area contributed by atoms with Crippen LogP contribution in [0, 0.1) is 11.8 Å². The van der Waals surface area contributed by atoms with Crippen molar-refractivity contribution in [3.8, 4) is 6.57 Å². The summed E-state index contributed by atoms with van der Waals surface area (Å²) in [5.74, 6) is 0. The molecule has 0 aromatic heterocycles. The van der Waals surface area contributed by atoms with Gasteiger partial charge < -0.3 is 0 Å². The fraction of sp³-hybridized carbons (Fsp3) is 0.500. The van der Waals surface area contributed by atoms with Gasteiger partial charge in [0.25, 0.3) is 0 Å². The van der Waals surface area contributed by atoms with Crippen molar-refractivity contribution in [2.75, 3.05) is 0 Å². The molecule has 0 spiro atoms. The zero-order chi connectivity index (χ0) is 2.00. The van der Waals surface area contributed by atoms with Gasteiger partial charge in [-0.25, -0.2) is 5.26 Å².